The standard InChI is InChI=1S/C55H42/c1-54(2)48-20-12-10-16-40(48)42-27-25-38(32-50(42)54)52-44-18-8-9-19-45(44)53(39-26-28-43-41-17-11-13-21-49(41)55(3,4)51(43)33-39)47-31-37(24-29-46(47)52)36-23-22-34-14-6-5-7-15-35(34)30-36/h6-33H,5H2,1-4H3. The summed E-state index contributed by atoms with van der Waals surface area (Å²) in [6, 6.07) is 55.6. The number of benzene rings is 8. The second kappa shape index (κ2) is 11.6. The van der Waals surface area contributed by atoms with Crippen LogP contribution in [-0.4, -0.2) is 0 Å². The second-order valence-corrected chi connectivity index (χ2v) is 16.8. The highest BCUT2D eigenvalue weighted by molar-refractivity contribution is 6.22. The summed E-state index contributed by atoms with van der Waals surface area (Å²) in [7, 11) is 0. The molecule has 0 spiro atoms. The van der Waals surface area contributed by atoms with E-state index in [1.807, 2.05) is 0 Å². The number of allylic oxidation sites excluding steroid dienone is 2. The van der Waals surface area contributed by atoms with Crippen molar-refractivity contribution in [2.75, 3.05) is 0 Å². The lowest BCUT2D eigenvalue weighted by Gasteiger charge is -2.24. The van der Waals surface area contributed by atoms with Gasteiger partial charge in [-0.2, -0.15) is 0 Å². The topological polar surface area (TPSA) is 0 Å². The smallest absolute Gasteiger partial charge is 0.0159 e. The third-order valence-corrected chi connectivity index (χ3v) is 13.1. The van der Waals surface area contributed by atoms with Crippen molar-refractivity contribution in [3.05, 3.63) is 191 Å². The Labute approximate surface area is 324 Å². The Hall–Kier alpha value is -6.24. The highest BCUT2D eigenvalue weighted by atomic mass is 14.4. The van der Waals surface area contributed by atoms with E-state index in [9.17, 15) is 0 Å². The van der Waals surface area contributed by atoms with Crippen molar-refractivity contribution in [1.29, 1.82) is 0 Å². The molecule has 0 saturated heterocycles. The molecule has 8 aromatic carbocycles. The van der Waals surface area contributed by atoms with Crippen molar-refractivity contribution in [3.63, 3.8) is 0 Å². The molecule has 0 atom stereocenters. The molecule has 55 heavy (non-hydrogen) atoms. The van der Waals surface area contributed by atoms with Gasteiger partial charge in [-0.05, 0) is 141 Å². The maximum Gasteiger partial charge on any atom is 0.0159 e. The van der Waals surface area contributed by atoms with E-state index in [4.69, 9.17) is 0 Å². The van der Waals surface area contributed by atoms with Crippen LogP contribution in [-0.2, 0) is 10.8 Å². The van der Waals surface area contributed by atoms with Gasteiger partial charge in [0.1, 0.15) is 0 Å². The minimum absolute atomic E-state index is 0.0790. The maximum atomic E-state index is 2.50. The molecule has 262 valence electrons. The summed E-state index contributed by atoms with van der Waals surface area (Å²) in [6.45, 7) is 9.53. The molecular formula is C55H42. The fourth-order valence-electron chi connectivity index (χ4n) is 10.2. The number of hydrogen-bond donors (Lipinski definition) is 0. The van der Waals surface area contributed by atoms with Gasteiger partial charge < -0.3 is 0 Å². The molecular weight excluding hydrogens is 661 g/mol. The van der Waals surface area contributed by atoms with E-state index < -0.39 is 0 Å². The van der Waals surface area contributed by atoms with Crippen LogP contribution in [0.25, 0.3) is 89.3 Å². The van der Waals surface area contributed by atoms with E-state index in [1.54, 1.807) is 0 Å². The summed E-state index contributed by atoms with van der Waals surface area (Å²) in [6.07, 6.45) is 9.99. The van der Waals surface area contributed by atoms with Crippen molar-refractivity contribution < 1.29 is 0 Å². The zero-order chi connectivity index (χ0) is 37.1. The maximum absolute atomic E-state index is 2.50. The summed E-state index contributed by atoms with van der Waals surface area (Å²) < 4.78 is 0. The minimum atomic E-state index is -0.0861. The normalized spacial score (nSPS) is 15.3. The summed E-state index contributed by atoms with van der Waals surface area (Å²) >= 11 is 0. The van der Waals surface area contributed by atoms with Gasteiger partial charge in [0, 0.05) is 10.8 Å². The Balaban J connectivity index is 1.20. The van der Waals surface area contributed by atoms with Crippen molar-refractivity contribution in [2.45, 2.75) is 44.9 Å². The third-order valence-electron chi connectivity index (χ3n) is 13.1. The number of hydrogen-bond acceptors (Lipinski definition) is 0. The fourth-order valence-corrected chi connectivity index (χ4v) is 10.2. The first-order chi connectivity index (χ1) is 26.8. The Kier molecular flexibility index (Phi) is 6.81. The van der Waals surface area contributed by atoms with Crippen LogP contribution in [0.4, 0.5) is 0 Å². The SMILES string of the molecule is CC1(C)c2ccccc2-c2ccc(-c3c4ccccc4c(-c4ccc5c(c4)C(C)(C)c4ccccc4-5)c4cc(-c5ccc6c(c5)C=CCC=C6)ccc34)cc21. The molecule has 0 N–H and O–H groups in total. The Morgan fingerprint density at radius 2 is 0.800 bits per heavy atom. The van der Waals surface area contributed by atoms with E-state index in [2.05, 4.69) is 198 Å². The van der Waals surface area contributed by atoms with Gasteiger partial charge in [0.25, 0.3) is 0 Å². The van der Waals surface area contributed by atoms with E-state index in [0.717, 1.165) is 6.42 Å². The molecule has 0 aliphatic heterocycles. The first-order valence-electron chi connectivity index (χ1n) is 19.7. The lowest BCUT2D eigenvalue weighted by molar-refractivity contribution is 0.660. The fraction of sp³-hybridized carbons (Fsp3) is 0.127. The molecule has 0 nitrogen and oxygen atoms in total. The molecule has 8 aromatic rings. The van der Waals surface area contributed by atoms with Crippen LogP contribution >= 0.6 is 0 Å². The van der Waals surface area contributed by atoms with Crippen molar-refractivity contribution in [3.8, 4) is 55.6 Å². The number of fused-ring (bicyclic) bond motifs is 9. The van der Waals surface area contributed by atoms with Crippen molar-refractivity contribution >= 4 is 33.7 Å². The quantitative estimate of drug-likeness (QED) is 0.161. The van der Waals surface area contributed by atoms with Crippen LogP contribution in [0.15, 0.2) is 158 Å². The first-order valence-corrected chi connectivity index (χ1v) is 19.7. The van der Waals surface area contributed by atoms with Gasteiger partial charge in [0.2, 0.25) is 0 Å². The Morgan fingerprint density at radius 1 is 0.345 bits per heavy atom. The van der Waals surface area contributed by atoms with Gasteiger partial charge in [-0.25, -0.2) is 0 Å². The van der Waals surface area contributed by atoms with Crippen LogP contribution in [0, 0.1) is 0 Å². The molecule has 0 heteroatoms. The van der Waals surface area contributed by atoms with Crippen LogP contribution < -0.4 is 0 Å². The molecule has 0 fully saturated rings. The summed E-state index contributed by atoms with van der Waals surface area (Å²) in [5.74, 6) is 0. The largest absolute Gasteiger partial charge is 0.0801 e. The molecule has 0 bridgehead atoms. The van der Waals surface area contributed by atoms with Gasteiger partial charge in [-0.3, -0.25) is 0 Å². The zero-order valence-corrected chi connectivity index (χ0v) is 31.9. The molecule has 3 aliphatic rings. The van der Waals surface area contributed by atoms with Gasteiger partial charge >= 0.3 is 0 Å². The van der Waals surface area contributed by atoms with Gasteiger partial charge in [-0.1, -0.05) is 173 Å². The highest BCUT2D eigenvalue weighted by Gasteiger charge is 2.37. The summed E-state index contributed by atoms with van der Waals surface area (Å²) in [4.78, 5) is 0. The predicted molar refractivity (Wildman–Crippen MR) is 236 cm³/mol. The highest BCUT2D eigenvalue weighted by Crippen LogP contribution is 2.53. The van der Waals surface area contributed by atoms with Crippen LogP contribution in [0.2, 0.25) is 0 Å². The monoisotopic (exact) mass is 702 g/mol. The molecule has 0 unspecified atom stereocenters. The first kappa shape index (κ1) is 32.2. The molecule has 0 amide bonds. The summed E-state index contributed by atoms with van der Waals surface area (Å²) in [5, 5.41) is 5.14. The van der Waals surface area contributed by atoms with Crippen molar-refractivity contribution in [1.82, 2.24) is 0 Å². The minimum Gasteiger partial charge on any atom is -0.0801 e. The molecule has 3 aliphatic carbocycles. The molecule has 0 saturated carbocycles. The van der Waals surface area contributed by atoms with Gasteiger partial charge in [0.15, 0.2) is 0 Å². The predicted octanol–water partition coefficient (Wildman–Crippen LogP) is 15.0. The molecule has 0 heterocycles. The van der Waals surface area contributed by atoms with E-state index in [1.165, 1.54) is 111 Å². The lowest BCUT2D eigenvalue weighted by Crippen LogP contribution is -2.15. The van der Waals surface area contributed by atoms with Crippen molar-refractivity contribution in [2.24, 2.45) is 0 Å². The summed E-state index contributed by atoms with van der Waals surface area (Å²) in [5.41, 5.74) is 21.0. The third kappa shape index (κ3) is 4.64. The van der Waals surface area contributed by atoms with Crippen LogP contribution in [0.3, 0.4) is 0 Å². The average molecular weight is 703 g/mol. The van der Waals surface area contributed by atoms with Gasteiger partial charge in [0.05, 0.1) is 0 Å². The molecule has 0 radical (unpaired) electrons. The lowest BCUT2D eigenvalue weighted by atomic mass is 9.79. The number of rotatable bonds is 3. The van der Waals surface area contributed by atoms with E-state index >= 15 is 0 Å². The van der Waals surface area contributed by atoms with E-state index in [-0.39, 0.29) is 10.8 Å². The Morgan fingerprint density at radius 3 is 1.42 bits per heavy atom. The van der Waals surface area contributed by atoms with Crippen LogP contribution in [0.5, 0.6) is 0 Å². The Bertz CT molecular complexity index is 3000. The molecule has 0 aromatic heterocycles. The molecule has 11 rings (SSSR count). The van der Waals surface area contributed by atoms with Gasteiger partial charge in [-0.15, -0.1) is 0 Å². The second-order valence-electron chi connectivity index (χ2n) is 16.8. The average Bonchev–Trinajstić information content (AvgIpc) is 3.42. The zero-order valence-electron chi connectivity index (χ0n) is 31.9. The van der Waals surface area contributed by atoms with Crippen LogP contribution in [0.1, 0.15) is 67.5 Å². The van der Waals surface area contributed by atoms with E-state index in [0.29, 0.717) is 0 Å².